The van der Waals surface area contributed by atoms with Gasteiger partial charge in [-0.2, -0.15) is 0 Å². The summed E-state index contributed by atoms with van der Waals surface area (Å²) in [7, 11) is 1.53. The first-order valence-electron chi connectivity index (χ1n) is 8.29. The monoisotopic (exact) mass is 363 g/mol. The number of nitrogens with one attached hydrogen (secondary N) is 1. The molecular formula is C17H19F2N5O2. The highest BCUT2D eigenvalue weighted by atomic mass is 19.1. The molecule has 2 aromatic rings. The number of hydrogen-bond acceptors (Lipinski definition) is 4. The molecule has 0 bridgehead atoms. The van der Waals surface area contributed by atoms with E-state index in [9.17, 15) is 18.4 Å². The molecule has 1 unspecified atom stereocenters. The predicted octanol–water partition coefficient (Wildman–Crippen LogP) is 1.26. The number of amides is 2. The van der Waals surface area contributed by atoms with Crippen molar-refractivity contribution in [2.24, 2.45) is 0 Å². The summed E-state index contributed by atoms with van der Waals surface area (Å²) in [6.45, 7) is 2.15. The zero-order chi connectivity index (χ0) is 18.8. The first kappa shape index (κ1) is 18.0. The second-order valence-electron chi connectivity index (χ2n) is 6.19. The topological polar surface area (TPSA) is 80.1 Å². The lowest BCUT2D eigenvalue weighted by molar-refractivity contribution is -0.124. The predicted molar refractivity (Wildman–Crippen MR) is 88.3 cm³/mol. The molecule has 2 amide bonds. The highest BCUT2D eigenvalue weighted by Gasteiger charge is 2.36. The van der Waals surface area contributed by atoms with E-state index in [0.29, 0.717) is 18.7 Å². The van der Waals surface area contributed by atoms with Crippen LogP contribution in [0.4, 0.5) is 8.78 Å². The van der Waals surface area contributed by atoms with Crippen LogP contribution < -0.4 is 5.32 Å². The van der Waals surface area contributed by atoms with Gasteiger partial charge in [-0.1, -0.05) is 11.3 Å². The average molecular weight is 363 g/mol. The summed E-state index contributed by atoms with van der Waals surface area (Å²) in [6, 6.07) is 2.77. The van der Waals surface area contributed by atoms with Crippen molar-refractivity contribution in [3.63, 3.8) is 0 Å². The van der Waals surface area contributed by atoms with Crippen molar-refractivity contribution >= 4 is 11.8 Å². The number of hydrogen-bond donors (Lipinski definition) is 1. The molecule has 1 fully saturated rings. The Morgan fingerprint density at radius 1 is 1.35 bits per heavy atom. The first-order chi connectivity index (χ1) is 12.4. The van der Waals surface area contributed by atoms with Crippen LogP contribution >= 0.6 is 0 Å². The van der Waals surface area contributed by atoms with Gasteiger partial charge in [-0.15, -0.1) is 5.10 Å². The third-order valence-electron chi connectivity index (χ3n) is 4.58. The number of likely N-dealkylation sites (tertiary alicyclic amines) is 1. The Balaban J connectivity index is 1.82. The quantitative estimate of drug-likeness (QED) is 0.887. The van der Waals surface area contributed by atoms with Crippen LogP contribution in [0.25, 0.3) is 0 Å². The number of nitrogens with zero attached hydrogens (tertiary/aromatic N) is 4. The fourth-order valence-electron chi connectivity index (χ4n) is 3.10. The van der Waals surface area contributed by atoms with E-state index in [4.69, 9.17) is 0 Å². The molecule has 0 spiro atoms. The van der Waals surface area contributed by atoms with Crippen molar-refractivity contribution in [3.05, 3.63) is 46.8 Å². The largest absolute Gasteiger partial charge is 0.357 e. The van der Waals surface area contributed by atoms with Gasteiger partial charge in [0.25, 0.3) is 5.91 Å². The van der Waals surface area contributed by atoms with Crippen molar-refractivity contribution in [3.8, 4) is 0 Å². The molecule has 1 aliphatic rings. The first-order valence-corrected chi connectivity index (χ1v) is 8.29. The van der Waals surface area contributed by atoms with Crippen molar-refractivity contribution < 1.29 is 18.4 Å². The molecule has 1 aromatic carbocycles. The van der Waals surface area contributed by atoms with Crippen LogP contribution in [0.5, 0.6) is 0 Å². The highest BCUT2D eigenvalue weighted by Crippen LogP contribution is 2.21. The van der Waals surface area contributed by atoms with E-state index in [1.807, 2.05) is 0 Å². The standard InChI is InChI=1S/C17H19F2N5O2/c1-10-15(17(26)23-7-3-4-14(23)16(25)20-2)21-22-24(10)9-11-5-6-12(18)8-13(11)19/h5-6,8,14H,3-4,7,9H2,1-2H3,(H,20,25). The number of benzene rings is 1. The molecule has 1 N–H and O–H groups in total. The Morgan fingerprint density at radius 2 is 2.12 bits per heavy atom. The molecule has 3 rings (SSSR count). The van der Waals surface area contributed by atoms with Gasteiger partial charge in [-0.3, -0.25) is 9.59 Å². The molecule has 0 radical (unpaired) electrons. The van der Waals surface area contributed by atoms with Crippen LogP contribution in [0.2, 0.25) is 0 Å². The average Bonchev–Trinajstić information content (AvgIpc) is 3.24. The highest BCUT2D eigenvalue weighted by molar-refractivity contribution is 5.97. The maximum atomic E-state index is 13.8. The number of aromatic nitrogens is 3. The van der Waals surface area contributed by atoms with Crippen LogP contribution in [-0.2, 0) is 11.3 Å². The van der Waals surface area contributed by atoms with E-state index >= 15 is 0 Å². The summed E-state index contributed by atoms with van der Waals surface area (Å²) >= 11 is 0. The van der Waals surface area contributed by atoms with Gasteiger partial charge >= 0.3 is 0 Å². The van der Waals surface area contributed by atoms with E-state index in [-0.39, 0.29) is 29.6 Å². The number of carbonyl (C=O) groups excluding carboxylic acids is 2. The molecule has 7 nitrogen and oxygen atoms in total. The lowest BCUT2D eigenvalue weighted by Crippen LogP contribution is -2.45. The number of carbonyl (C=O) groups is 2. The molecule has 26 heavy (non-hydrogen) atoms. The fourth-order valence-corrected chi connectivity index (χ4v) is 3.10. The van der Waals surface area contributed by atoms with Crippen molar-refractivity contribution in [1.29, 1.82) is 0 Å². The third kappa shape index (κ3) is 3.29. The smallest absolute Gasteiger partial charge is 0.277 e. The SMILES string of the molecule is CNC(=O)C1CCCN1C(=O)c1nnn(Cc2ccc(F)cc2F)c1C. The van der Waals surface area contributed by atoms with Gasteiger partial charge in [0, 0.05) is 25.2 Å². The molecule has 1 atom stereocenters. The van der Waals surface area contributed by atoms with E-state index in [0.717, 1.165) is 18.6 Å². The molecule has 1 aromatic heterocycles. The summed E-state index contributed by atoms with van der Waals surface area (Å²) in [5.74, 6) is -1.94. The van der Waals surface area contributed by atoms with Gasteiger partial charge < -0.3 is 10.2 Å². The normalized spacial score (nSPS) is 16.8. The van der Waals surface area contributed by atoms with Gasteiger partial charge in [0.2, 0.25) is 5.91 Å². The lowest BCUT2D eigenvalue weighted by Gasteiger charge is -2.22. The van der Waals surface area contributed by atoms with Crippen LogP contribution in [0, 0.1) is 18.6 Å². The third-order valence-corrected chi connectivity index (χ3v) is 4.58. The summed E-state index contributed by atoms with van der Waals surface area (Å²) in [5, 5.41) is 10.4. The molecule has 1 aliphatic heterocycles. The van der Waals surface area contributed by atoms with E-state index < -0.39 is 17.7 Å². The van der Waals surface area contributed by atoms with Gasteiger partial charge in [-0.25, -0.2) is 13.5 Å². The summed E-state index contributed by atoms with van der Waals surface area (Å²) in [4.78, 5) is 26.2. The summed E-state index contributed by atoms with van der Waals surface area (Å²) in [6.07, 6.45) is 1.33. The lowest BCUT2D eigenvalue weighted by atomic mass is 10.2. The molecule has 0 saturated carbocycles. The number of halogens is 2. The minimum atomic E-state index is -0.688. The van der Waals surface area contributed by atoms with Gasteiger partial charge in [0.05, 0.1) is 12.2 Å². The molecule has 0 aliphatic carbocycles. The second kappa shape index (κ2) is 7.19. The van der Waals surface area contributed by atoms with E-state index in [2.05, 4.69) is 15.6 Å². The Hall–Kier alpha value is -2.84. The Morgan fingerprint density at radius 3 is 2.81 bits per heavy atom. The van der Waals surface area contributed by atoms with Gasteiger partial charge in [0.1, 0.15) is 17.7 Å². The number of rotatable bonds is 4. The molecule has 1 saturated heterocycles. The maximum absolute atomic E-state index is 13.8. The van der Waals surface area contributed by atoms with Gasteiger partial charge in [-0.05, 0) is 25.8 Å². The Bertz CT molecular complexity index is 852. The van der Waals surface area contributed by atoms with Crippen LogP contribution in [0.15, 0.2) is 18.2 Å². The van der Waals surface area contributed by atoms with Crippen LogP contribution in [0.1, 0.15) is 34.6 Å². The summed E-state index contributed by atoms with van der Waals surface area (Å²) in [5.41, 5.74) is 0.826. The van der Waals surface area contributed by atoms with Crippen molar-refractivity contribution in [2.75, 3.05) is 13.6 Å². The molecule has 138 valence electrons. The van der Waals surface area contributed by atoms with E-state index in [1.165, 1.54) is 22.7 Å². The maximum Gasteiger partial charge on any atom is 0.277 e. The zero-order valence-corrected chi connectivity index (χ0v) is 14.5. The van der Waals surface area contributed by atoms with Crippen LogP contribution in [0.3, 0.4) is 0 Å². The Labute approximate surface area is 149 Å². The molecule has 2 heterocycles. The van der Waals surface area contributed by atoms with E-state index in [1.54, 1.807) is 6.92 Å². The molecule has 9 heteroatoms. The van der Waals surface area contributed by atoms with Crippen LogP contribution in [-0.4, -0.2) is 51.3 Å². The minimum Gasteiger partial charge on any atom is -0.357 e. The zero-order valence-electron chi connectivity index (χ0n) is 14.5. The minimum absolute atomic E-state index is 0.0249. The summed E-state index contributed by atoms with van der Waals surface area (Å²) < 4.78 is 28.2. The molecular weight excluding hydrogens is 344 g/mol. The van der Waals surface area contributed by atoms with Gasteiger partial charge in [0.15, 0.2) is 5.69 Å². The Kier molecular flexibility index (Phi) is 4.97. The number of likely N-dealkylation sites (N-methyl/N-ethyl adjacent to an activating group) is 1. The van der Waals surface area contributed by atoms with Crippen molar-refractivity contribution in [1.82, 2.24) is 25.2 Å². The van der Waals surface area contributed by atoms with Crippen molar-refractivity contribution in [2.45, 2.75) is 32.4 Å². The fraction of sp³-hybridized carbons (Fsp3) is 0.412. The second-order valence-corrected chi connectivity index (χ2v) is 6.19.